The third-order valence-electron chi connectivity index (χ3n) is 3.71. The molecule has 94 valence electrons. The van der Waals surface area contributed by atoms with Crippen molar-refractivity contribution in [2.75, 3.05) is 5.73 Å². The van der Waals surface area contributed by atoms with Crippen molar-refractivity contribution in [3.8, 4) is 0 Å². The van der Waals surface area contributed by atoms with E-state index < -0.39 is 0 Å². The predicted octanol–water partition coefficient (Wildman–Crippen LogP) is 1.30. The fourth-order valence-electron chi connectivity index (χ4n) is 2.66. The lowest BCUT2D eigenvalue weighted by molar-refractivity contribution is 0.489. The van der Waals surface area contributed by atoms with E-state index in [2.05, 4.69) is 39.9 Å². The van der Waals surface area contributed by atoms with Gasteiger partial charge in [0.2, 0.25) is 0 Å². The molecule has 0 saturated heterocycles. The van der Waals surface area contributed by atoms with Gasteiger partial charge in [0.25, 0.3) is 0 Å². The van der Waals surface area contributed by atoms with Crippen LogP contribution in [0.4, 0.5) is 5.82 Å². The largest absolute Gasteiger partial charge is 0.384 e. The Labute approximate surface area is 106 Å². The van der Waals surface area contributed by atoms with Crippen molar-refractivity contribution in [3.05, 3.63) is 47.7 Å². The van der Waals surface area contributed by atoms with Crippen LogP contribution in [-0.4, -0.2) is 10.2 Å². The summed E-state index contributed by atoms with van der Waals surface area (Å²) in [5.74, 6) is 7.30. The van der Waals surface area contributed by atoms with Crippen molar-refractivity contribution in [2.45, 2.75) is 18.4 Å². The Hall–Kier alpha value is -1.85. The number of aromatic nitrogens is 2. The highest BCUT2D eigenvalue weighted by Gasteiger charge is 2.44. The number of H-pyrrole nitrogens is 1. The zero-order valence-corrected chi connectivity index (χ0v) is 10.0. The quantitative estimate of drug-likeness (QED) is 0.481. The Morgan fingerprint density at radius 3 is 2.72 bits per heavy atom. The van der Waals surface area contributed by atoms with Crippen molar-refractivity contribution in [2.24, 2.45) is 11.8 Å². The summed E-state index contributed by atoms with van der Waals surface area (Å²) < 4.78 is 0. The molecule has 3 atom stereocenters. The van der Waals surface area contributed by atoms with Gasteiger partial charge < -0.3 is 5.73 Å². The van der Waals surface area contributed by atoms with E-state index in [1.807, 2.05) is 6.07 Å². The van der Waals surface area contributed by atoms with Crippen LogP contribution in [0.2, 0.25) is 0 Å². The van der Waals surface area contributed by atoms with Gasteiger partial charge in [0.15, 0.2) is 0 Å². The first kappa shape index (κ1) is 11.3. The van der Waals surface area contributed by atoms with Crippen LogP contribution >= 0.6 is 0 Å². The number of benzene rings is 1. The van der Waals surface area contributed by atoms with Crippen molar-refractivity contribution >= 4 is 5.82 Å². The maximum atomic E-state index is 5.85. The third-order valence-corrected chi connectivity index (χ3v) is 3.71. The van der Waals surface area contributed by atoms with Crippen LogP contribution in [-0.2, 0) is 0 Å². The minimum absolute atomic E-state index is 0.0638. The maximum Gasteiger partial charge on any atom is 0.123 e. The Bertz CT molecular complexity index is 521. The molecule has 1 saturated carbocycles. The molecule has 1 fully saturated rings. The van der Waals surface area contributed by atoms with Crippen molar-refractivity contribution in [1.29, 1.82) is 0 Å². The zero-order chi connectivity index (χ0) is 12.5. The summed E-state index contributed by atoms with van der Waals surface area (Å²) in [6.07, 6.45) is 2.88. The van der Waals surface area contributed by atoms with Gasteiger partial charge in [-0.1, -0.05) is 30.3 Å². The molecule has 5 heteroatoms. The van der Waals surface area contributed by atoms with Crippen molar-refractivity contribution < 1.29 is 0 Å². The van der Waals surface area contributed by atoms with Gasteiger partial charge in [0, 0.05) is 5.56 Å². The number of rotatable bonds is 4. The highest BCUT2D eigenvalue weighted by atomic mass is 15.3. The fourth-order valence-corrected chi connectivity index (χ4v) is 2.66. The highest BCUT2D eigenvalue weighted by molar-refractivity contribution is 5.41. The van der Waals surface area contributed by atoms with E-state index >= 15 is 0 Å². The number of nitrogens with two attached hydrogens (primary N) is 2. The fraction of sp³-hybridized carbons (Fsp3) is 0.308. The molecule has 3 unspecified atom stereocenters. The summed E-state index contributed by atoms with van der Waals surface area (Å²) in [5.41, 5.74) is 11.0. The Morgan fingerprint density at radius 2 is 2.11 bits per heavy atom. The van der Waals surface area contributed by atoms with Gasteiger partial charge in [0.1, 0.15) is 5.82 Å². The van der Waals surface area contributed by atoms with Gasteiger partial charge in [-0.05, 0) is 23.8 Å². The van der Waals surface area contributed by atoms with E-state index in [4.69, 9.17) is 11.6 Å². The SMILES string of the molecule is NNC(c1cn[nH]c1N)C1CC1c1ccccc1. The minimum atomic E-state index is 0.0638. The molecule has 1 aromatic carbocycles. The van der Waals surface area contributed by atoms with Gasteiger partial charge in [-0.2, -0.15) is 5.10 Å². The normalized spacial score (nSPS) is 23.8. The van der Waals surface area contributed by atoms with Crippen molar-refractivity contribution in [1.82, 2.24) is 15.6 Å². The van der Waals surface area contributed by atoms with Crippen LogP contribution in [0, 0.1) is 5.92 Å². The Morgan fingerprint density at radius 1 is 1.33 bits per heavy atom. The van der Waals surface area contributed by atoms with Gasteiger partial charge in [-0.3, -0.25) is 16.4 Å². The molecular formula is C13H17N5. The molecule has 2 aromatic rings. The number of hydrazine groups is 1. The van der Waals surface area contributed by atoms with Crippen LogP contribution in [0.25, 0.3) is 0 Å². The molecule has 1 aliphatic rings. The van der Waals surface area contributed by atoms with Crippen LogP contribution in [0.3, 0.4) is 0 Å². The third kappa shape index (κ3) is 1.87. The first-order valence-corrected chi connectivity index (χ1v) is 6.11. The summed E-state index contributed by atoms with van der Waals surface area (Å²) in [7, 11) is 0. The molecule has 1 aliphatic carbocycles. The van der Waals surface area contributed by atoms with Crippen LogP contribution in [0.5, 0.6) is 0 Å². The first-order valence-electron chi connectivity index (χ1n) is 6.11. The van der Waals surface area contributed by atoms with E-state index in [0.717, 1.165) is 12.0 Å². The number of anilines is 1. The molecule has 5 nitrogen and oxygen atoms in total. The molecule has 0 bridgehead atoms. The maximum absolute atomic E-state index is 5.85. The van der Waals surface area contributed by atoms with Crippen LogP contribution < -0.4 is 17.0 Å². The summed E-state index contributed by atoms with van der Waals surface area (Å²) in [6, 6.07) is 10.6. The van der Waals surface area contributed by atoms with Gasteiger partial charge in [-0.25, -0.2) is 0 Å². The topological polar surface area (TPSA) is 92.7 Å². The molecule has 6 N–H and O–H groups in total. The lowest BCUT2D eigenvalue weighted by Crippen LogP contribution is -2.30. The summed E-state index contributed by atoms with van der Waals surface area (Å²) in [4.78, 5) is 0. The average Bonchev–Trinajstić information content (AvgIpc) is 3.08. The highest BCUT2D eigenvalue weighted by Crippen LogP contribution is 2.54. The Kier molecular flexibility index (Phi) is 2.77. The van der Waals surface area contributed by atoms with Gasteiger partial charge in [0.05, 0.1) is 12.2 Å². The van der Waals surface area contributed by atoms with E-state index in [1.165, 1.54) is 5.56 Å². The second-order valence-electron chi connectivity index (χ2n) is 4.80. The molecule has 18 heavy (non-hydrogen) atoms. The summed E-state index contributed by atoms with van der Waals surface area (Å²) in [5, 5.41) is 6.71. The molecule has 0 amide bonds. The van der Waals surface area contributed by atoms with Gasteiger partial charge >= 0.3 is 0 Å². The average molecular weight is 243 g/mol. The second-order valence-corrected chi connectivity index (χ2v) is 4.80. The number of hydrogen-bond acceptors (Lipinski definition) is 4. The molecular weight excluding hydrogens is 226 g/mol. The molecule has 1 heterocycles. The van der Waals surface area contributed by atoms with E-state index in [0.29, 0.717) is 17.7 Å². The van der Waals surface area contributed by atoms with Gasteiger partial charge in [-0.15, -0.1) is 0 Å². The predicted molar refractivity (Wildman–Crippen MR) is 70.4 cm³/mol. The lowest BCUT2D eigenvalue weighted by atomic mass is 10.0. The van der Waals surface area contributed by atoms with Crippen LogP contribution in [0.1, 0.15) is 29.5 Å². The standard InChI is InChI=1S/C13H17N5/c14-13-11(7-16-18-13)12(17-15)10-6-9(10)8-4-2-1-3-5-8/h1-5,7,9-10,12,17H,6,15H2,(H3,14,16,18). The smallest absolute Gasteiger partial charge is 0.123 e. The molecule has 1 aromatic heterocycles. The first-order chi connectivity index (χ1) is 8.81. The Balaban J connectivity index is 1.79. The summed E-state index contributed by atoms with van der Waals surface area (Å²) >= 11 is 0. The molecule has 0 radical (unpaired) electrons. The number of nitrogen functional groups attached to an aromatic ring is 1. The minimum Gasteiger partial charge on any atom is -0.384 e. The molecule has 0 spiro atoms. The van der Waals surface area contributed by atoms with E-state index in [1.54, 1.807) is 6.20 Å². The molecule has 3 rings (SSSR count). The lowest BCUT2D eigenvalue weighted by Gasteiger charge is -2.15. The van der Waals surface area contributed by atoms with E-state index in [9.17, 15) is 0 Å². The number of hydrogen-bond donors (Lipinski definition) is 4. The van der Waals surface area contributed by atoms with Crippen LogP contribution in [0.15, 0.2) is 36.5 Å². The second kappa shape index (κ2) is 4.44. The monoisotopic (exact) mass is 243 g/mol. The molecule has 0 aliphatic heterocycles. The van der Waals surface area contributed by atoms with E-state index in [-0.39, 0.29) is 6.04 Å². The zero-order valence-electron chi connectivity index (χ0n) is 10.0. The summed E-state index contributed by atoms with van der Waals surface area (Å²) in [6.45, 7) is 0. The van der Waals surface area contributed by atoms with Crippen molar-refractivity contribution in [3.63, 3.8) is 0 Å². The number of nitrogens with zero attached hydrogens (tertiary/aromatic N) is 1. The number of aromatic amines is 1. The number of nitrogens with one attached hydrogen (secondary N) is 2.